The van der Waals surface area contributed by atoms with Crippen LogP contribution in [0.2, 0.25) is 0 Å². The van der Waals surface area contributed by atoms with Crippen molar-refractivity contribution in [2.24, 2.45) is 0 Å². The molecule has 0 spiro atoms. The van der Waals surface area contributed by atoms with Gasteiger partial charge in [0.1, 0.15) is 11.5 Å². The number of aryl methyl sites for hydroxylation is 1. The van der Waals surface area contributed by atoms with Crippen molar-refractivity contribution < 1.29 is 4.42 Å². The number of furan rings is 1. The van der Waals surface area contributed by atoms with Crippen molar-refractivity contribution in [3.05, 3.63) is 23.7 Å². The van der Waals surface area contributed by atoms with Gasteiger partial charge in [-0.2, -0.15) is 0 Å². The molecule has 0 aliphatic rings. The minimum absolute atomic E-state index is 0.0863. The maximum absolute atomic E-state index is 5.56. The molecule has 12 heavy (non-hydrogen) atoms. The Morgan fingerprint density at radius 1 is 1.42 bits per heavy atom. The van der Waals surface area contributed by atoms with Crippen LogP contribution >= 0.6 is 0 Å². The van der Waals surface area contributed by atoms with E-state index in [-0.39, 0.29) is 5.41 Å². The molecule has 0 saturated heterocycles. The van der Waals surface area contributed by atoms with Gasteiger partial charge in [-0.15, -0.1) is 0 Å². The fourth-order valence-electron chi connectivity index (χ4n) is 1.33. The van der Waals surface area contributed by atoms with Crippen molar-refractivity contribution in [1.29, 1.82) is 0 Å². The van der Waals surface area contributed by atoms with E-state index in [1.807, 2.05) is 26.1 Å². The molecular formula is C10H17NO. The van der Waals surface area contributed by atoms with Crippen molar-refractivity contribution in [2.45, 2.75) is 26.2 Å². The summed E-state index contributed by atoms with van der Waals surface area (Å²) in [5.74, 6) is 2.03. The molecule has 0 atom stereocenters. The largest absolute Gasteiger partial charge is 0.466 e. The van der Waals surface area contributed by atoms with Gasteiger partial charge in [0.2, 0.25) is 0 Å². The molecular weight excluding hydrogens is 150 g/mol. The normalized spacial score (nSPS) is 12.0. The lowest BCUT2D eigenvalue weighted by Crippen LogP contribution is -2.30. The summed E-state index contributed by atoms with van der Waals surface area (Å²) in [6, 6.07) is 4.05. The molecule has 0 aromatic carbocycles. The molecule has 0 saturated carbocycles. The van der Waals surface area contributed by atoms with Gasteiger partial charge >= 0.3 is 0 Å². The monoisotopic (exact) mass is 167 g/mol. The molecule has 0 bridgehead atoms. The quantitative estimate of drug-likeness (QED) is 0.745. The highest BCUT2D eigenvalue weighted by Crippen LogP contribution is 2.23. The van der Waals surface area contributed by atoms with E-state index in [0.29, 0.717) is 0 Å². The van der Waals surface area contributed by atoms with Crippen LogP contribution in [0.25, 0.3) is 0 Å². The molecule has 0 radical (unpaired) electrons. The van der Waals surface area contributed by atoms with Gasteiger partial charge in [0.25, 0.3) is 0 Å². The Hall–Kier alpha value is -0.760. The molecule has 1 heterocycles. The molecule has 0 aliphatic heterocycles. The Kier molecular flexibility index (Phi) is 2.58. The first-order valence-electron chi connectivity index (χ1n) is 4.28. The maximum atomic E-state index is 5.56. The SMILES string of the molecule is CNCC(C)(C)c1ccc(C)o1. The Balaban J connectivity index is 2.81. The highest BCUT2D eigenvalue weighted by atomic mass is 16.3. The second kappa shape index (κ2) is 3.31. The first-order valence-corrected chi connectivity index (χ1v) is 4.28. The third-order valence-corrected chi connectivity index (χ3v) is 2.03. The fraction of sp³-hybridized carbons (Fsp3) is 0.600. The van der Waals surface area contributed by atoms with Crippen LogP contribution in [0, 0.1) is 6.92 Å². The summed E-state index contributed by atoms with van der Waals surface area (Å²) in [5, 5.41) is 3.16. The summed E-state index contributed by atoms with van der Waals surface area (Å²) in [7, 11) is 1.96. The molecule has 0 fully saturated rings. The first-order chi connectivity index (χ1) is 5.56. The molecule has 0 aliphatic carbocycles. The molecule has 1 rings (SSSR count). The molecule has 1 aromatic heterocycles. The zero-order chi connectivity index (χ0) is 9.19. The number of nitrogens with one attached hydrogen (secondary N) is 1. The van der Waals surface area contributed by atoms with Gasteiger partial charge in [-0.1, -0.05) is 13.8 Å². The van der Waals surface area contributed by atoms with E-state index in [0.717, 1.165) is 18.1 Å². The lowest BCUT2D eigenvalue weighted by Gasteiger charge is -2.21. The van der Waals surface area contributed by atoms with Crippen LogP contribution in [-0.2, 0) is 5.41 Å². The Bertz CT molecular complexity index is 250. The summed E-state index contributed by atoms with van der Waals surface area (Å²) < 4.78 is 5.56. The van der Waals surface area contributed by atoms with Crippen molar-refractivity contribution in [2.75, 3.05) is 13.6 Å². The summed E-state index contributed by atoms with van der Waals surface area (Å²) in [6.07, 6.45) is 0. The van der Waals surface area contributed by atoms with Crippen LogP contribution < -0.4 is 5.32 Å². The standard InChI is InChI=1S/C10H17NO/c1-8-5-6-9(12-8)10(2,3)7-11-4/h5-6,11H,7H2,1-4H3. The van der Waals surface area contributed by atoms with Crippen LogP contribution in [0.15, 0.2) is 16.5 Å². The molecule has 2 nitrogen and oxygen atoms in total. The van der Waals surface area contributed by atoms with Gasteiger partial charge in [-0.3, -0.25) is 0 Å². The molecule has 0 unspecified atom stereocenters. The zero-order valence-electron chi connectivity index (χ0n) is 8.27. The van der Waals surface area contributed by atoms with Gasteiger partial charge < -0.3 is 9.73 Å². The topological polar surface area (TPSA) is 25.2 Å². The predicted molar refractivity (Wildman–Crippen MR) is 50.4 cm³/mol. The van der Waals surface area contributed by atoms with Gasteiger partial charge in [0, 0.05) is 12.0 Å². The van der Waals surface area contributed by atoms with Gasteiger partial charge in [-0.25, -0.2) is 0 Å². The van der Waals surface area contributed by atoms with E-state index >= 15 is 0 Å². The van der Waals surface area contributed by atoms with Crippen molar-refractivity contribution in [3.8, 4) is 0 Å². The van der Waals surface area contributed by atoms with Crippen LogP contribution in [0.5, 0.6) is 0 Å². The second-order valence-corrected chi connectivity index (χ2v) is 3.82. The summed E-state index contributed by atoms with van der Waals surface area (Å²) in [5.41, 5.74) is 0.0863. The summed E-state index contributed by atoms with van der Waals surface area (Å²) in [4.78, 5) is 0. The number of rotatable bonds is 3. The zero-order valence-corrected chi connectivity index (χ0v) is 8.27. The first kappa shape index (κ1) is 9.33. The third-order valence-electron chi connectivity index (χ3n) is 2.03. The van der Waals surface area contributed by atoms with Crippen LogP contribution in [0.1, 0.15) is 25.4 Å². The molecule has 0 amide bonds. The van der Waals surface area contributed by atoms with E-state index in [9.17, 15) is 0 Å². The minimum Gasteiger partial charge on any atom is -0.466 e. The van der Waals surface area contributed by atoms with E-state index in [1.54, 1.807) is 0 Å². The molecule has 1 aromatic rings. The van der Waals surface area contributed by atoms with E-state index < -0.39 is 0 Å². The van der Waals surface area contributed by atoms with Crippen molar-refractivity contribution >= 4 is 0 Å². The average Bonchev–Trinajstić information content (AvgIpc) is 2.36. The minimum atomic E-state index is 0.0863. The fourth-order valence-corrected chi connectivity index (χ4v) is 1.33. The molecule has 2 heteroatoms. The number of hydrogen-bond donors (Lipinski definition) is 1. The van der Waals surface area contributed by atoms with Gasteiger partial charge in [-0.05, 0) is 26.1 Å². The predicted octanol–water partition coefficient (Wildman–Crippen LogP) is 2.09. The number of likely N-dealkylation sites (N-methyl/N-ethyl adjacent to an activating group) is 1. The van der Waals surface area contributed by atoms with Crippen molar-refractivity contribution in [1.82, 2.24) is 5.32 Å². The Morgan fingerprint density at radius 2 is 2.08 bits per heavy atom. The van der Waals surface area contributed by atoms with Gasteiger partial charge in [0.15, 0.2) is 0 Å². The van der Waals surface area contributed by atoms with Crippen LogP contribution in [0.4, 0.5) is 0 Å². The average molecular weight is 167 g/mol. The Labute approximate surface area is 74.0 Å². The maximum Gasteiger partial charge on any atom is 0.111 e. The molecule has 1 N–H and O–H groups in total. The highest BCUT2D eigenvalue weighted by Gasteiger charge is 2.22. The van der Waals surface area contributed by atoms with Crippen molar-refractivity contribution in [3.63, 3.8) is 0 Å². The smallest absolute Gasteiger partial charge is 0.111 e. The summed E-state index contributed by atoms with van der Waals surface area (Å²) in [6.45, 7) is 7.24. The highest BCUT2D eigenvalue weighted by molar-refractivity contribution is 5.15. The third kappa shape index (κ3) is 1.89. The molecule has 68 valence electrons. The second-order valence-electron chi connectivity index (χ2n) is 3.82. The van der Waals surface area contributed by atoms with E-state index in [1.165, 1.54) is 0 Å². The van der Waals surface area contributed by atoms with Gasteiger partial charge in [0.05, 0.1) is 0 Å². The van der Waals surface area contributed by atoms with Crippen LogP contribution in [0.3, 0.4) is 0 Å². The number of hydrogen-bond acceptors (Lipinski definition) is 2. The lowest BCUT2D eigenvalue weighted by atomic mass is 9.90. The summed E-state index contributed by atoms with van der Waals surface area (Å²) >= 11 is 0. The van der Waals surface area contributed by atoms with E-state index in [2.05, 4.69) is 19.2 Å². The van der Waals surface area contributed by atoms with E-state index in [4.69, 9.17) is 4.42 Å². The van der Waals surface area contributed by atoms with Crippen LogP contribution in [-0.4, -0.2) is 13.6 Å². The Morgan fingerprint density at radius 3 is 2.50 bits per heavy atom. The lowest BCUT2D eigenvalue weighted by molar-refractivity contribution is 0.365.